The summed E-state index contributed by atoms with van der Waals surface area (Å²) >= 11 is 6.32. The van der Waals surface area contributed by atoms with Crippen molar-refractivity contribution in [1.29, 1.82) is 0 Å². The first-order valence-corrected chi connectivity index (χ1v) is 11.8. The maximum atomic E-state index is 11.9. The number of nitro benzene ring substituents is 1. The van der Waals surface area contributed by atoms with Gasteiger partial charge in [0.15, 0.2) is 29.2 Å². The number of hydrogen-bond acceptors (Lipinski definition) is 13. The van der Waals surface area contributed by atoms with Crippen LogP contribution in [-0.2, 0) is 39.9 Å². The third-order valence-electron chi connectivity index (χ3n) is 5.49. The van der Waals surface area contributed by atoms with Gasteiger partial charge in [-0.05, 0) is 17.7 Å². The lowest BCUT2D eigenvalue weighted by Gasteiger charge is -2.23. The number of carbonyl (C=O) groups is 3. The highest BCUT2D eigenvalue weighted by atomic mass is 35.5. The Hall–Kier alpha value is -4.37. The van der Waals surface area contributed by atoms with Crippen LogP contribution in [0.3, 0.4) is 0 Å². The number of nitro groups is 1. The zero-order valence-corrected chi connectivity index (χ0v) is 21.6. The molecule has 1 aromatic carbocycles. The van der Waals surface area contributed by atoms with Crippen LogP contribution in [0.25, 0.3) is 11.2 Å². The lowest BCUT2D eigenvalue weighted by molar-refractivity contribution is -0.384. The van der Waals surface area contributed by atoms with E-state index in [9.17, 15) is 24.5 Å². The summed E-state index contributed by atoms with van der Waals surface area (Å²) in [4.78, 5) is 58.2. The number of carbonyl (C=O) groups excluding carboxylic acids is 3. The minimum absolute atomic E-state index is 0.0248. The molecule has 1 saturated heterocycles. The Bertz CT molecular complexity index is 1410. The molecule has 1 fully saturated rings. The van der Waals surface area contributed by atoms with E-state index in [4.69, 9.17) is 35.3 Å². The van der Waals surface area contributed by atoms with Crippen molar-refractivity contribution in [2.24, 2.45) is 0 Å². The second-order valence-corrected chi connectivity index (χ2v) is 8.71. The maximum Gasteiger partial charge on any atom is 0.320 e. The molecule has 3 heterocycles. The quantitative estimate of drug-likeness (QED) is 0.121. The Labute approximate surface area is 225 Å². The summed E-state index contributed by atoms with van der Waals surface area (Å²) in [5, 5.41) is 10.8. The molecule has 0 N–H and O–H groups in total. The van der Waals surface area contributed by atoms with Crippen molar-refractivity contribution in [2.75, 3.05) is 6.61 Å². The van der Waals surface area contributed by atoms with Gasteiger partial charge in [0, 0.05) is 32.9 Å². The van der Waals surface area contributed by atoms with Gasteiger partial charge in [-0.3, -0.25) is 29.1 Å². The van der Waals surface area contributed by atoms with E-state index in [0.29, 0.717) is 5.56 Å². The van der Waals surface area contributed by atoms with Crippen LogP contribution < -0.4 is 4.74 Å². The number of ether oxygens (including phenoxy) is 5. The van der Waals surface area contributed by atoms with Crippen molar-refractivity contribution in [2.45, 2.75) is 51.9 Å². The number of non-ortho nitro benzene ring substituents is 1. The van der Waals surface area contributed by atoms with Crippen molar-refractivity contribution in [3.8, 4) is 6.01 Å². The minimum Gasteiger partial charge on any atom is -0.463 e. The van der Waals surface area contributed by atoms with Gasteiger partial charge in [0.05, 0.1) is 11.3 Å². The fourth-order valence-electron chi connectivity index (χ4n) is 3.89. The summed E-state index contributed by atoms with van der Waals surface area (Å²) in [6.45, 7) is 3.25. The smallest absolute Gasteiger partial charge is 0.320 e. The predicted molar refractivity (Wildman–Crippen MR) is 129 cm³/mol. The fourth-order valence-corrected chi connectivity index (χ4v) is 4.10. The average Bonchev–Trinajstić information content (AvgIpc) is 3.43. The van der Waals surface area contributed by atoms with Crippen LogP contribution in [0.15, 0.2) is 30.6 Å². The molecule has 0 aliphatic carbocycles. The molecule has 0 amide bonds. The molecule has 0 spiro atoms. The van der Waals surface area contributed by atoms with Gasteiger partial charge < -0.3 is 23.7 Å². The Morgan fingerprint density at radius 2 is 1.72 bits per heavy atom. The molecule has 4 atom stereocenters. The summed E-state index contributed by atoms with van der Waals surface area (Å²) in [5.41, 5.74) is 0.865. The van der Waals surface area contributed by atoms with E-state index in [-0.39, 0.29) is 41.2 Å². The summed E-state index contributed by atoms with van der Waals surface area (Å²) in [5.74, 6) is -1.94. The van der Waals surface area contributed by atoms with E-state index in [1.807, 2.05) is 0 Å². The number of imidazole rings is 1. The van der Waals surface area contributed by atoms with Crippen molar-refractivity contribution in [3.63, 3.8) is 0 Å². The lowest BCUT2D eigenvalue weighted by Crippen LogP contribution is -2.40. The molecule has 0 saturated carbocycles. The van der Waals surface area contributed by atoms with Gasteiger partial charge in [-0.25, -0.2) is 4.98 Å². The van der Waals surface area contributed by atoms with Gasteiger partial charge in [-0.15, -0.1) is 0 Å². The Balaban J connectivity index is 1.65. The third kappa shape index (κ3) is 6.38. The van der Waals surface area contributed by atoms with Gasteiger partial charge in [-0.2, -0.15) is 9.97 Å². The Morgan fingerprint density at radius 1 is 1.05 bits per heavy atom. The van der Waals surface area contributed by atoms with Crippen LogP contribution in [0.4, 0.5) is 5.69 Å². The molecule has 3 aromatic rings. The van der Waals surface area contributed by atoms with Gasteiger partial charge in [-0.1, -0.05) is 11.6 Å². The Kier molecular flexibility index (Phi) is 8.21. The SMILES string of the molecule is CC(=O)OCC1OC(n2cnc3c(Cl)nc(OCc4ccc([N+](=O)[O-])cc4)nc32)C(OC(C)=O)C1OC(C)=O. The highest BCUT2D eigenvalue weighted by Gasteiger charge is 2.51. The third-order valence-corrected chi connectivity index (χ3v) is 5.75. The maximum absolute atomic E-state index is 11.9. The standard InChI is InChI=1S/C23H22ClN5O10/c1-11(30)35-9-16-18(37-12(2)31)19(38-13(3)32)22(39-16)28-10-25-17-20(24)26-23(27-21(17)28)36-8-14-4-6-15(7-5-14)29(33)34/h4-7,10,16,18-19,22H,8-9H2,1-3H3. The van der Waals surface area contributed by atoms with Crippen LogP contribution in [-0.4, -0.2) is 67.3 Å². The fraction of sp³-hybridized carbons (Fsp3) is 0.391. The van der Waals surface area contributed by atoms with Gasteiger partial charge in [0.1, 0.15) is 24.8 Å². The second-order valence-electron chi connectivity index (χ2n) is 8.35. The van der Waals surface area contributed by atoms with E-state index < -0.39 is 47.4 Å². The largest absolute Gasteiger partial charge is 0.463 e. The molecule has 4 unspecified atom stereocenters. The Morgan fingerprint density at radius 3 is 2.33 bits per heavy atom. The minimum atomic E-state index is -1.16. The van der Waals surface area contributed by atoms with Crippen molar-refractivity contribution < 1.29 is 43.0 Å². The predicted octanol–water partition coefficient (Wildman–Crippen LogP) is 2.29. The molecular weight excluding hydrogens is 542 g/mol. The summed E-state index contributed by atoms with van der Waals surface area (Å²) in [7, 11) is 0. The number of nitrogens with zero attached hydrogens (tertiary/aromatic N) is 5. The number of esters is 3. The highest BCUT2D eigenvalue weighted by molar-refractivity contribution is 6.33. The zero-order valence-electron chi connectivity index (χ0n) is 20.8. The van der Waals surface area contributed by atoms with E-state index >= 15 is 0 Å². The molecule has 0 bridgehead atoms. The van der Waals surface area contributed by atoms with Crippen LogP contribution in [0, 0.1) is 10.1 Å². The van der Waals surface area contributed by atoms with E-state index in [0.717, 1.165) is 0 Å². The number of rotatable bonds is 9. The molecule has 206 valence electrons. The van der Waals surface area contributed by atoms with Crippen LogP contribution in [0.5, 0.6) is 6.01 Å². The highest BCUT2D eigenvalue weighted by Crippen LogP contribution is 2.37. The lowest BCUT2D eigenvalue weighted by atomic mass is 10.1. The molecule has 16 heteroatoms. The summed E-state index contributed by atoms with van der Waals surface area (Å²) < 4.78 is 29.0. The first kappa shape index (κ1) is 27.7. The zero-order chi connectivity index (χ0) is 28.3. The van der Waals surface area contributed by atoms with Crippen LogP contribution >= 0.6 is 11.6 Å². The molecule has 39 heavy (non-hydrogen) atoms. The van der Waals surface area contributed by atoms with E-state index in [2.05, 4.69) is 15.0 Å². The number of benzene rings is 1. The second kappa shape index (κ2) is 11.6. The number of aromatic nitrogens is 4. The van der Waals surface area contributed by atoms with Crippen molar-refractivity contribution >= 4 is 46.4 Å². The van der Waals surface area contributed by atoms with E-state index in [1.54, 1.807) is 0 Å². The van der Waals surface area contributed by atoms with Crippen LogP contribution in [0.2, 0.25) is 5.15 Å². The van der Waals surface area contributed by atoms with Gasteiger partial charge in [0.25, 0.3) is 5.69 Å². The molecule has 1 aliphatic rings. The number of hydrogen-bond donors (Lipinski definition) is 0. The molecule has 4 rings (SSSR count). The molecule has 1 aliphatic heterocycles. The van der Waals surface area contributed by atoms with Crippen molar-refractivity contribution in [1.82, 2.24) is 19.5 Å². The van der Waals surface area contributed by atoms with Gasteiger partial charge in [0.2, 0.25) is 0 Å². The van der Waals surface area contributed by atoms with Crippen molar-refractivity contribution in [3.05, 3.63) is 51.4 Å². The van der Waals surface area contributed by atoms with Crippen LogP contribution in [0.1, 0.15) is 32.6 Å². The molecule has 2 aromatic heterocycles. The topological polar surface area (TPSA) is 184 Å². The number of halogens is 1. The average molecular weight is 564 g/mol. The first-order valence-electron chi connectivity index (χ1n) is 11.4. The monoisotopic (exact) mass is 563 g/mol. The molecule has 0 radical (unpaired) electrons. The summed E-state index contributed by atoms with van der Waals surface area (Å²) in [6.07, 6.45) is -3.06. The number of fused-ring (bicyclic) bond motifs is 1. The van der Waals surface area contributed by atoms with Gasteiger partial charge >= 0.3 is 23.9 Å². The normalized spacial score (nSPS) is 20.4. The molecular formula is C23H22ClN5O10. The first-order chi connectivity index (χ1) is 18.5. The molecule has 15 nitrogen and oxygen atoms in total. The summed E-state index contributed by atoms with van der Waals surface area (Å²) in [6, 6.07) is 5.59. The van der Waals surface area contributed by atoms with E-state index in [1.165, 1.54) is 55.9 Å².